The molecular formula is C11H19N3O2. The molecule has 1 saturated heterocycles. The summed E-state index contributed by atoms with van der Waals surface area (Å²) in [5.74, 6) is -0.441. The lowest BCUT2D eigenvalue weighted by Gasteiger charge is -2.35. The van der Waals surface area contributed by atoms with Crippen molar-refractivity contribution in [3.63, 3.8) is 0 Å². The smallest absolute Gasteiger partial charge is 0.162 e. The fourth-order valence-corrected chi connectivity index (χ4v) is 1.62. The Hall–Kier alpha value is -0.910. The van der Waals surface area contributed by atoms with E-state index < -0.39 is 5.79 Å². The number of aromatic amines is 1. The summed E-state index contributed by atoms with van der Waals surface area (Å²) in [5.41, 5.74) is 2.29. The van der Waals surface area contributed by atoms with Gasteiger partial charge in [-0.2, -0.15) is 5.10 Å². The molecule has 0 amide bonds. The van der Waals surface area contributed by atoms with Gasteiger partial charge in [-0.25, -0.2) is 0 Å². The number of hydrogen-bond acceptors (Lipinski definition) is 4. The molecule has 1 aromatic heterocycles. The Balaban J connectivity index is 1.78. The molecule has 0 radical (unpaired) electrons. The van der Waals surface area contributed by atoms with Crippen molar-refractivity contribution < 1.29 is 9.47 Å². The monoisotopic (exact) mass is 225 g/mol. The lowest BCUT2D eigenvalue weighted by atomic mass is 10.2. The summed E-state index contributed by atoms with van der Waals surface area (Å²) in [5, 5.41) is 10.3. The number of ether oxygens (including phenoxy) is 2. The minimum absolute atomic E-state index is 0.252. The summed E-state index contributed by atoms with van der Waals surface area (Å²) < 4.78 is 11.1. The van der Waals surface area contributed by atoms with Crippen LogP contribution >= 0.6 is 0 Å². The highest BCUT2D eigenvalue weighted by molar-refractivity contribution is 5.13. The second-order valence-electron chi connectivity index (χ2n) is 4.62. The largest absolute Gasteiger partial charge is 0.349 e. The van der Waals surface area contributed by atoms with Gasteiger partial charge in [0.25, 0.3) is 0 Å². The van der Waals surface area contributed by atoms with E-state index in [1.54, 1.807) is 0 Å². The normalized spacial score (nSPS) is 21.2. The molecule has 90 valence electrons. The first-order chi connectivity index (χ1) is 7.57. The molecule has 2 N–H and O–H groups in total. The zero-order valence-electron chi connectivity index (χ0n) is 10.0. The second-order valence-corrected chi connectivity index (χ2v) is 4.62. The molecule has 0 atom stereocenters. The highest BCUT2D eigenvalue weighted by atomic mass is 16.7. The van der Waals surface area contributed by atoms with Crippen LogP contribution in [0.15, 0.2) is 6.20 Å². The summed E-state index contributed by atoms with van der Waals surface area (Å²) in [6, 6.07) is 0.252. The predicted octanol–water partition coefficient (Wildman–Crippen LogP) is 0.959. The first-order valence-electron chi connectivity index (χ1n) is 5.57. The van der Waals surface area contributed by atoms with Gasteiger partial charge in [-0.15, -0.1) is 0 Å². The van der Waals surface area contributed by atoms with Gasteiger partial charge in [0.05, 0.1) is 25.5 Å². The van der Waals surface area contributed by atoms with Crippen LogP contribution in [0.5, 0.6) is 0 Å². The lowest BCUT2D eigenvalue weighted by Crippen LogP contribution is -2.48. The minimum atomic E-state index is -0.441. The molecule has 1 fully saturated rings. The molecule has 5 heteroatoms. The molecule has 0 spiro atoms. The molecule has 0 aliphatic carbocycles. The molecule has 5 nitrogen and oxygen atoms in total. The topological polar surface area (TPSA) is 59.2 Å². The molecule has 1 aliphatic rings. The Morgan fingerprint density at radius 3 is 2.75 bits per heavy atom. The van der Waals surface area contributed by atoms with Crippen molar-refractivity contribution in [2.45, 2.75) is 39.1 Å². The lowest BCUT2D eigenvalue weighted by molar-refractivity contribution is -0.253. The molecule has 2 rings (SSSR count). The number of nitrogens with zero attached hydrogens (tertiary/aromatic N) is 1. The quantitative estimate of drug-likeness (QED) is 0.804. The summed E-state index contributed by atoms with van der Waals surface area (Å²) in [6.07, 6.45) is 1.84. The predicted molar refractivity (Wildman–Crippen MR) is 59.9 cm³/mol. The standard InChI is InChI=1S/C11H19N3O2/c1-8-9(5-13-14-8)4-12-10-6-15-11(2,3)16-7-10/h5,10,12H,4,6-7H2,1-3H3,(H,13,14). The van der Waals surface area contributed by atoms with E-state index in [-0.39, 0.29) is 6.04 Å². The molecule has 0 aromatic carbocycles. The van der Waals surface area contributed by atoms with Crippen molar-refractivity contribution in [3.8, 4) is 0 Å². The number of hydrogen-bond donors (Lipinski definition) is 2. The van der Waals surface area contributed by atoms with Gasteiger partial charge in [-0.1, -0.05) is 0 Å². The third-order valence-electron chi connectivity index (χ3n) is 2.78. The van der Waals surface area contributed by atoms with Crippen molar-refractivity contribution in [1.82, 2.24) is 15.5 Å². The van der Waals surface area contributed by atoms with Crippen LogP contribution in [0.25, 0.3) is 0 Å². The highest BCUT2D eigenvalue weighted by Crippen LogP contribution is 2.17. The number of nitrogens with one attached hydrogen (secondary N) is 2. The van der Waals surface area contributed by atoms with E-state index in [4.69, 9.17) is 9.47 Å². The number of H-pyrrole nitrogens is 1. The van der Waals surface area contributed by atoms with Crippen molar-refractivity contribution in [1.29, 1.82) is 0 Å². The van der Waals surface area contributed by atoms with Gasteiger partial charge in [0.2, 0.25) is 0 Å². The van der Waals surface area contributed by atoms with Crippen LogP contribution in [0, 0.1) is 6.92 Å². The van der Waals surface area contributed by atoms with Crippen LogP contribution in [0.1, 0.15) is 25.1 Å². The van der Waals surface area contributed by atoms with Crippen molar-refractivity contribution >= 4 is 0 Å². The molecule has 0 bridgehead atoms. The van der Waals surface area contributed by atoms with Gasteiger partial charge < -0.3 is 14.8 Å². The summed E-state index contributed by atoms with van der Waals surface area (Å²) in [7, 11) is 0. The van der Waals surface area contributed by atoms with Crippen LogP contribution in [0.3, 0.4) is 0 Å². The second kappa shape index (κ2) is 4.53. The van der Waals surface area contributed by atoms with Crippen molar-refractivity contribution in [2.24, 2.45) is 0 Å². The third kappa shape index (κ3) is 2.81. The van der Waals surface area contributed by atoms with E-state index in [0.717, 1.165) is 12.2 Å². The maximum absolute atomic E-state index is 5.57. The fourth-order valence-electron chi connectivity index (χ4n) is 1.62. The highest BCUT2D eigenvalue weighted by Gasteiger charge is 2.27. The van der Waals surface area contributed by atoms with Gasteiger partial charge >= 0.3 is 0 Å². The summed E-state index contributed by atoms with van der Waals surface area (Å²) in [6.45, 7) is 8.04. The van der Waals surface area contributed by atoms with Crippen molar-refractivity contribution in [2.75, 3.05) is 13.2 Å². The first-order valence-corrected chi connectivity index (χ1v) is 5.57. The van der Waals surface area contributed by atoms with Gasteiger partial charge in [-0.3, -0.25) is 5.10 Å². The zero-order valence-corrected chi connectivity index (χ0v) is 10.0. The SMILES string of the molecule is Cc1[nH]ncc1CNC1COC(C)(C)OC1. The maximum Gasteiger partial charge on any atom is 0.162 e. The number of aryl methyl sites for hydroxylation is 1. The average Bonchev–Trinajstić information content (AvgIpc) is 2.63. The van der Waals surface area contributed by atoms with Gasteiger partial charge in [0.1, 0.15) is 0 Å². The molecule has 0 unspecified atom stereocenters. The van der Waals surface area contributed by atoms with E-state index in [9.17, 15) is 0 Å². The summed E-state index contributed by atoms with van der Waals surface area (Å²) >= 11 is 0. The molecular weight excluding hydrogens is 206 g/mol. The molecule has 1 aromatic rings. The Morgan fingerprint density at radius 1 is 1.50 bits per heavy atom. The van der Waals surface area contributed by atoms with Crippen LogP contribution < -0.4 is 5.32 Å². The van der Waals surface area contributed by atoms with E-state index in [1.807, 2.05) is 27.0 Å². The van der Waals surface area contributed by atoms with Gasteiger partial charge in [0.15, 0.2) is 5.79 Å². The van der Waals surface area contributed by atoms with Gasteiger partial charge in [-0.05, 0) is 20.8 Å². The maximum atomic E-state index is 5.57. The van der Waals surface area contributed by atoms with Crippen LogP contribution in [0.2, 0.25) is 0 Å². The van der Waals surface area contributed by atoms with Crippen molar-refractivity contribution in [3.05, 3.63) is 17.5 Å². The molecule has 0 saturated carbocycles. The minimum Gasteiger partial charge on any atom is -0.349 e. The Labute approximate surface area is 95.5 Å². The molecule has 16 heavy (non-hydrogen) atoms. The van der Waals surface area contributed by atoms with Crippen LogP contribution in [0.4, 0.5) is 0 Å². The van der Waals surface area contributed by atoms with E-state index in [1.165, 1.54) is 5.56 Å². The molecule has 2 heterocycles. The summed E-state index contributed by atoms with van der Waals surface area (Å²) in [4.78, 5) is 0. The Morgan fingerprint density at radius 2 is 2.19 bits per heavy atom. The fraction of sp³-hybridized carbons (Fsp3) is 0.727. The number of aromatic nitrogens is 2. The van der Waals surface area contributed by atoms with Gasteiger partial charge in [0, 0.05) is 17.8 Å². The number of rotatable bonds is 3. The first kappa shape index (κ1) is 11.6. The van der Waals surface area contributed by atoms with E-state index >= 15 is 0 Å². The Kier molecular flexibility index (Phi) is 3.28. The van der Waals surface area contributed by atoms with E-state index in [2.05, 4.69) is 15.5 Å². The van der Waals surface area contributed by atoms with E-state index in [0.29, 0.717) is 13.2 Å². The Bertz CT molecular complexity index is 339. The van der Waals surface area contributed by atoms with Crippen LogP contribution in [-0.2, 0) is 16.0 Å². The average molecular weight is 225 g/mol. The zero-order chi connectivity index (χ0) is 11.6. The molecule has 1 aliphatic heterocycles. The third-order valence-corrected chi connectivity index (χ3v) is 2.78. The van der Waals surface area contributed by atoms with Crippen LogP contribution in [-0.4, -0.2) is 35.2 Å².